The predicted molar refractivity (Wildman–Crippen MR) is 104 cm³/mol. The van der Waals surface area contributed by atoms with Gasteiger partial charge in [-0.3, -0.25) is 6.29 Å². The van der Waals surface area contributed by atoms with E-state index >= 15 is 0 Å². The predicted octanol–water partition coefficient (Wildman–Crippen LogP) is 5.58. The third-order valence-corrected chi connectivity index (χ3v) is 5.61. The van der Waals surface area contributed by atoms with Crippen LogP contribution in [0.3, 0.4) is 0 Å². The molecule has 0 aromatic carbocycles. The van der Waals surface area contributed by atoms with E-state index in [2.05, 4.69) is 54.8 Å². The minimum absolute atomic E-state index is 0. The normalized spacial score (nSPS) is 31.4. The van der Waals surface area contributed by atoms with Gasteiger partial charge in [0, 0.05) is 26.1 Å². The zero-order valence-electron chi connectivity index (χ0n) is 18.1. The topological polar surface area (TPSA) is 35.5 Å². The van der Waals surface area contributed by atoms with Crippen LogP contribution in [-0.4, -0.2) is 25.3 Å². The Balaban J connectivity index is 0.000000466. The molecule has 0 amide bonds. The molecule has 26 heavy (non-hydrogen) atoms. The molecule has 0 aromatic rings. The maximum Gasteiger partial charge on any atom is 2.00 e. The van der Waals surface area contributed by atoms with E-state index in [1.54, 1.807) is 0 Å². The van der Waals surface area contributed by atoms with Gasteiger partial charge in [-0.2, -0.15) is 0 Å². The Morgan fingerprint density at radius 2 is 1.58 bits per heavy atom. The summed E-state index contributed by atoms with van der Waals surface area (Å²) in [5, 5.41) is 0. The Hall–Kier alpha value is 0.174. The van der Waals surface area contributed by atoms with E-state index < -0.39 is 0 Å². The summed E-state index contributed by atoms with van der Waals surface area (Å²) < 4.78 is 11.6. The second kappa shape index (κ2) is 10.6. The molecule has 1 saturated carbocycles. The van der Waals surface area contributed by atoms with Crippen LogP contribution in [0, 0.1) is 35.5 Å². The van der Waals surface area contributed by atoms with Crippen molar-refractivity contribution in [2.24, 2.45) is 28.6 Å². The van der Waals surface area contributed by atoms with E-state index in [4.69, 9.17) is 9.47 Å². The molecule has 0 bridgehead atoms. The summed E-state index contributed by atoms with van der Waals surface area (Å²) in [5.41, 5.74) is -0.0747. The van der Waals surface area contributed by atoms with Crippen molar-refractivity contribution in [3.05, 3.63) is 6.92 Å². The van der Waals surface area contributed by atoms with Gasteiger partial charge in [0.15, 0.2) is 5.79 Å². The van der Waals surface area contributed by atoms with E-state index in [1.165, 1.54) is 12.8 Å². The molecule has 2 rings (SSSR count). The Labute approximate surface area is 174 Å². The second-order valence-corrected chi connectivity index (χ2v) is 9.99. The minimum Gasteiger partial charge on any atom is -0.541 e. The van der Waals surface area contributed by atoms with E-state index in [0.29, 0.717) is 11.8 Å². The van der Waals surface area contributed by atoms with Crippen LogP contribution < -0.4 is 0 Å². The van der Waals surface area contributed by atoms with Crippen LogP contribution in [0.1, 0.15) is 80.6 Å². The monoisotopic (exact) mass is 403 g/mol. The maximum atomic E-state index is 10.8. The van der Waals surface area contributed by atoms with Gasteiger partial charge in [0.25, 0.3) is 0 Å². The molecule has 1 saturated heterocycles. The molecule has 4 heteroatoms. The van der Waals surface area contributed by atoms with Crippen molar-refractivity contribution in [1.29, 1.82) is 0 Å². The van der Waals surface area contributed by atoms with E-state index in [-0.39, 0.29) is 35.2 Å². The van der Waals surface area contributed by atoms with Crippen LogP contribution in [-0.2, 0) is 32.8 Å². The molecule has 1 atom stereocenters. The Bertz CT molecular complexity index is 377. The molecular weight excluding hydrogens is 363 g/mol. The molecule has 3 nitrogen and oxygen atoms in total. The first-order valence-electron chi connectivity index (χ1n) is 9.92. The van der Waals surface area contributed by atoms with Gasteiger partial charge in [0.1, 0.15) is 0 Å². The summed E-state index contributed by atoms with van der Waals surface area (Å²) in [4.78, 5) is 10.8. The Morgan fingerprint density at radius 3 is 1.88 bits per heavy atom. The molecule has 1 aliphatic carbocycles. The number of hydrogen-bond donors (Lipinski definition) is 0. The van der Waals surface area contributed by atoms with Crippen LogP contribution in [0.5, 0.6) is 0 Å². The fourth-order valence-electron chi connectivity index (χ4n) is 3.58. The van der Waals surface area contributed by atoms with Crippen LogP contribution >= 0.6 is 0 Å². The van der Waals surface area contributed by atoms with Crippen molar-refractivity contribution in [2.45, 2.75) is 86.4 Å². The molecule has 2 fully saturated rings. The average Bonchev–Trinajstić information content (AvgIpc) is 2.52. The standard InChI is InChI=1S/C11H19O2.C11H21O.V/c1-9-3-5-11(6-4-9)12-7-10(2)8-13-11;1-9(2)11(6,8-12)7-10(3,4)5;/h9-10H,2-8H2,1H3;9H,7H2,1-6H3;/q2*-1;+2. The van der Waals surface area contributed by atoms with Gasteiger partial charge in [0.05, 0.1) is 0 Å². The molecular formula is C22H40O3V. The molecule has 1 aliphatic heterocycles. The summed E-state index contributed by atoms with van der Waals surface area (Å²) in [7, 11) is 0. The summed E-state index contributed by atoms with van der Waals surface area (Å²) in [6.07, 6.45) is 7.70. The third-order valence-electron chi connectivity index (χ3n) is 5.61. The van der Waals surface area contributed by atoms with Crippen molar-refractivity contribution < 1.29 is 32.8 Å². The first-order chi connectivity index (χ1) is 11.4. The van der Waals surface area contributed by atoms with Crippen molar-refractivity contribution in [3.63, 3.8) is 0 Å². The largest absolute Gasteiger partial charge is 2.00 e. The van der Waals surface area contributed by atoms with E-state index in [0.717, 1.165) is 38.4 Å². The van der Waals surface area contributed by atoms with Gasteiger partial charge in [-0.05, 0) is 24.2 Å². The summed E-state index contributed by atoms with van der Waals surface area (Å²) in [6.45, 7) is 20.4. The van der Waals surface area contributed by atoms with Crippen LogP contribution in [0.2, 0.25) is 0 Å². The zero-order valence-corrected chi connectivity index (χ0v) is 19.5. The van der Waals surface area contributed by atoms with Crippen molar-refractivity contribution >= 4 is 6.29 Å². The quantitative estimate of drug-likeness (QED) is 0.577. The fourth-order valence-corrected chi connectivity index (χ4v) is 3.58. The number of ether oxygens (including phenoxy) is 2. The van der Waals surface area contributed by atoms with Gasteiger partial charge in [-0.25, -0.2) is 0 Å². The molecule has 0 aromatic heterocycles. The van der Waals surface area contributed by atoms with Crippen LogP contribution in [0.4, 0.5) is 0 Å². The first-order valence-corrected chi connectivity index (χ1v) is 9.92. The maximum absolute atomic E-state index is 10.8. The summed E-state index contributed by atoms with van der Waals surface area (Å²) in [5.74, 6) is 1.32. The molecule has 1 unspecified atom stereocenters. The van der Waals surface area contributed by atoms with Gasteiger partial charge in [-0.15, -0.1) is 11.3 Å². The van der Waals surface area contributed by atoms with Gasteiger partial charge in [-0.1, -0.05) is 60.8 Å². The minimum atomic E-state index is -0.280. The smallest absolute Gasteiger partial charge is 0.541 e. The average molecular weight is 404 g/mol. The summed E-state index contributed by atoms with van der Waals surface area (Å²) >= 11 is 0. The number of rotatable bonds is 3. The fraction of sp³-hybridized carbons (Fsp3) is 0.909. The second-order valence-electron chi connectivity index (χ2n) is 9.99. The first kappa shape index (κ1) is 26.2. The van der Waals surface area contributed by atoms with Crippen LogP contribution in [0.15, 0.2) is 0 Å². The van der Waals surface area contributed by atoms with Crippen molar-refractivity contribution in [3.8, 4) is 0 Å². The Morgan fingerprint density at radius 1 is 1.12 bits per heavy atom. The zero-order chi connectivity index (χ0) is 19.3. The molecule has 151 valence electrons. The molecule has 2 aliphatic rings. The third kappa shape index (κ3) is 8.46. The molecule has 0 N–H and O–H groups in total. The van der Waals surface area contributed by atoms with Crippen molar-refractivity contribution in [2.75, 3.05) is 13.2 Å². The molecule has 1 heterocycles. The molecule has 1 radical (unpaired) electrons. The molecule has 1 spiro atoms. The van der Waals surface area contributed by atoms with E-state index in [1.807, 2.05) is 6.92 Å². The van der Waals surface area contributed by atoms with E-state index in [9.17, 15) is 4.79 Å². The van der Waals surface area contributed by atoms with Crippen LogP contribution in [0.25, 0.3) is 0 Å². The van der Waals surface area contributed by atoms with Gasteiger partial charge >= 0.3 is 18.6 Å². The van der Waals surface area contributed by atoms with Crippen molar-refractivity contribution in [1.82, 2.24) is 0 Å². The Kier molecular flexibility index (Phi) is 10.7. The number of carbonyl (C=O) groups excluding carboxylic acids is 1. The number of hydrogen-bond acceptors (Lipinski definition) is 3. The van der Waals surface area contributed by atoms with Gasteiger partial charge < -0.3 is 21.2 Å². The summed E-state index contributed by atoms with van der Waals surface area (Å²) in [6, 6.07) is 0. The van der Waals surface area contributed by atoms with Gasteiger partial charge in [0.2, 0.25) is 0 Å². The SMILES string of the molecule is CC(C)C(C)([C-]=O)CC(C)(C)C.[CH2-]C1COC2(CCC(C)CC2)OC1.[V+2].